The first-order valence-corrected chi connectivity index (χ1v) is 8.47. The van der Waals surface area contributed by atoms with E-state index in [0.717, 1.165) is 17.1 Å². The molecule has 26 heavy (non-hydrogen) atoms. The van der Waals surface area contributed by atoms with E-state index in [9.17, 15) is 0 Å². The second-order valence-corrected chi connectivity index (χ2v) is 5.68. The lowest BCUT2D eigenvalue weighted by atomic mass is 10.1. The first-order valence-electron chi connectivity index (χ1n) is 8.47. The van der Waals surface area contributed by atoms with Crippen molar-refractivity contribution in [2.45, 2.75) is 19.5 Å². The lowest BCUT2D eigenvalue weighted by Gasteiger charge is -2.13. The molecule has 3 aromatic rings. The molecule has 3 rings (SSSR count). The Morgan fingerprint density at radius 2 is 1.96 bits per heavy atom. The number of nitrogens with zero attached hydrogens (tertiary/aromatic N) is 2. The maximum absolute atomic E-state index is 6.33. The fraction of sp³-hybridized carbons (Fsp3) is 0.263. The van der Waals surface area contributed by atoms with Crippen molar-refractivity contribution in [1.29, 1.82) is 0 Å². The van der Waals surface area contributed by atoms with Crippen molar-refractivity contribution in [3.63, 3.8) is 0 Å². The molecule has 136 valence electrons. The van der Waals surface area contributed by atoms with E-state index in [2.05, 4.69) is 20.5 Å². The Bertz CT molecular complexity index is 835. The third-order valence-corrected chi connectivity index (χ3v) is 3.91. The highest BCUT2D eigenvalue weighted by Crippen LogP contribution is 2.31. The third kappa shape index (κ3) is 4.12. The quantitative estimate of drug-likeness (QED) is 0.576. The first-order chi connectivity index (χ1) is 12.7. The Hall–Kier alpha value is -3.06. The Morgan fingerprint density at radius 1 is 1.15 bits per heavy atom. The van der Waals surface area contributed by atoms with Crippen LogP contribution in [0.15, 0.2) is 48.5 Å². The van der Waals surface area contributed by atoms with Crippen LogP contribution in [-0.4, -0.2) is 28.9 Å². The average molecular weight is 353 g/mol. The van der Waals surface area contributed by atoms with E-state index in [1.54, 1.807) is 7.11 Å². The number of hydrogen-bond donors (Lipinski definition) is 3. The van der Waals surface area contributed by atoms with Crippen LogP contribution in [0.2, 0.25) is 0 Å². The lowest BCUT2D eigenvalue weighted by molar-refractivity contribution is 0.310. The van der Waals surface area contributed by atoms with Gasteiger partial charge in [-0.25, -0.2) is 4.98 Å². The van der Waals surface area contributed by atoms with Crippen molar-refractivity contribution in [3.05, 3.63) is 65.7 Å². The molecule has 1 heterocycles. The van der Waals surface area contributed by atoms with Gasteiger partial charge in [0.25, 0.3) is 0 Å². The number of benzene rings is 2. The number of nitrogens with one attached hydrogen (secondary N) is 2. The van der Waals surface area contributed by atoms with Gasteiger partial charge in [0.2, 0.25) is 0 Å². The monoisotopic (exact) mass is 353 g/mol. The highest BCUT2D eigenvalue weighted by atomic mass is 16.5. The minimum atomic E-state index is -0.457. The number of aromatic amines is 1. The number of para-hydroxylation sites is 1. The zero-order valence-corrected chi connectivity index (χ0v) is 14.9. The Morgan fingerprint density at radius 3 is 2.69 bits per heavy atom. The fourth-order valence-electron chi connectivity index (χ4n) is 2.57. The normalized spacial score (nSPS) is 11.8. The van der Waals surface area contributed by atoms with Crippen LogP contribution >= 0.6 is 0 Å². The number of rotatable bonds is 8. The summed E-state index contributed by atoms with van der Waals surface area (Å²) in [6.45, 7) is 3.01. The molecule has 0 saturated carbocycles. The zero-order chi connectivity index (χ0) is 18.4. The van der Waals surface area contributed by atoms with E-state index >= 15 is 0 Å². The van der Waals surface area contributed by atoms with Crippen LogP contribution in [-0.2, 0) is 6.54 Å². The number of aromatic nitrogens is 3. The predicted octanol–water partition coefficient (Wildman–Crippen LogP) is 2.87. The molecule has 0 aliphatic rings. The molecule has 0 aliphatic heterocycles. The van der Waals surface area contributed by atoms with Crippen molar-refractivity contribution in [2.24, 2.45) is 5.73 Å². The summed E-state index contributed by atoms with van der Waals surface area (Å²) >= 11 is 0. The molecule has 1 atom stereocenters. The van der Waals surface area contributed by atoms with Gasteiger partial charge >= 0.3 is 0 Å². The van der Waals surface area contributed by atoms with E-state index in [-0.39, 0.29) is 0 Å². The van der Waals surface area contributed by atoms with E-state index in [1.807, 2.05) is 55.5 Å². The van der Waals surface area contributed by atoms with Crippen LogP contribution < -0.4 is 20.5 Å². The summed E-state index contributed by atoms with van der Waals surface area (Å²) in [5.74, 6) is 2.58. The summed E-state index contributed by atoms with van der Waals surface area (Å²) in [6.07, 6.45) is 0. The second kappa shape index (κ2) is 8.35. The summed E-state index contributed by atoms with van der Waals surface area (Å²) in [7, 11) is 1.61. The van der Waals surface area contributed by atoms with Gasteiger partial charge < -0.3 is 20.5 Å². The van der Waals surface area contributed by atoms with Crippen molar-refractivity contribution >= 4 is 5.69 Å². The number of hydrogen-bond acceptors (Lipinski definition) is 6. The van der Waals surface area contributed by atoms with Crippen LogP contribution in [0.4, 0.5) is 5.69 Å². The Kier molecular flexibility index (Phi) is 5.70. The molecule has 4 N–H and O–H groups in total. The smallest absolute Gasteiger partial charge is 0.171 e. The van der Waals surface area contributed by atoms with Gasteiger partial charge in [-0.3, -0.25) is 5.10 Å². The molecule has 0 spiro atoms. The molecule has 1 aromatic heterocycles. The van der Waals surface area contributed by atoms with Crippen LogP contribution in [0.5, 0.6) is 11.5 Å². The van der Waals surface area contributed by atoms with Crippen LogP contribution in [0.25, 0.3) is 0 Å². The predicted molar refractivity (Wildman–Crippen MR) is 100 cm³/mol. The van der Waals surface area contributed by atoms with Gasteiger partial charge in [-0.1, -0.05) is 24.3 Å². The molecule has 7 heteroatoms. The summed E-state index contributed by atoms with van der Waals surface area (Å²) in [5, 5.41) is 10.5. The number of ether oxygens (including phenoxy) is 2. The van der Waals surface area contributed by atoms with Crippen LogP contribution in [0, 0.1) is 0 Å². The summed E-state index contributed by atoms with van der Waals surface area (Å²) in [5.41, 5.74) is 8.21. The molecule has 0 unspecified atom stereocenters. The minimum absolute atomic E-state index is 0.457. The molecule has 0 radical (unpaired) electrons. The van der Waals surface area contributed by atoms with Crippen LogP contribution in [0.1, 0.15) is 30.2 Å². The van der Waals surface area contributed by atoms with E-state index in [0.29, 0.717) is 30.5 Å². The highest BCUT2D eigenvalue weighted by molar-refractivity contribution is 5.45. The third-order valence-electron chi connectivity index (χ3n) is 3.91. The fourth-order valence-corrected chi connectivity index (χ4v) is 2.57. The van der Waals surface area contributed by atoms with Crippen molar-refractivity contribution in [2.75, 3.05) is 19.0 Å². The van der Waals surface area contributed by atoms with Gasteiger partial charge in [0.05, 0.1) is 26.3 Å². The van der Waals surface area contributed by atoms with Crippen molar-refractivity contribution in [3.8, 4) is 11.5 Å². The Balaban J connectivity index is 1.71. The SMILES string of the molecule is CCOc1cc([C@H](N)c2n[nH]c(CNc3ccccc3)n2)ccc1OC. The van der Waals surface area contributed by atoms with Gasteiger partial charge in [-0.2, -0.15) is 5.10 Å². The summed E-state index contributed by atoms with van der Waals surface area (Å²) < 4.78 is 10.9. The molecular formula is C19H23N5O2. The van der Waals surface area contributed by atoms with Crippen molar-refractivity contribution < 1.29 is 9.47 Å². The standard InChI is InChI=1S/C19H23N5O2/c1-3-26-16-11-13(9-10-15(16)25-2)18(20)19-22-17(23-24-19)12-21-14-7-5-4-6-8-14/h4-11,18,21H,3,12,20H2,1-2H3,(H,22,23,24)/t18-/m0/s1. The van der Waals surface area contributed by atoms with E-state index < -0.39 is 6.04 Å². The summed E-state index contributed by atoms with van der Waals surface area (Å²) in [6, 6.07) is 15.1. The molecular weight excluding hydrogens is 330 g/mol. The van der Waals surface area contributed by atoms with Gasteiger partial charge in [0.15, 0.2) is 17.3 Å². The molecule has 0 fully saturated rings. The van der Waals surface area contributed by atoms with Gasteiger partial charge in [0.1, 0.15) is 5.82 Å². The number of anilines is 1. The number of H-pyrrole nitrogens is 1. The van der Waals surface area contributed by atoms with E-state index in [4.69, 9.17) is 15.2 Å². The molecule has 2 aromatic carbocycles. The van der Waals surface area contributed by atoms with Gasteiger partial charge in [-0.15, -0.1) is 0 Å². The van der Waals surface area contributed by atoms with Crippen molar-refractivity contribution in [1.82, 2.24) is 15.2 Å². The Labute approximate surface area is 152 Å². The maximum Gasteiger partial charge on any atom is 0.171 e. The highest BCUT2D eigenvalue weighted by Gasteiger charge is 2.17. The summed E-state index contributed by atoms with van der Waals surface area (Å²) in [4.78, 5) is 4.49. The number of methoxy groups -OCH3 is 1. The molecule has 7 nitrogen and oxygen atoms in total. The lowest BCUT2D eigenvalue weighted by Crippen LogP contribution is -2.14. The maximum atomic E-state index is 6.33. The minimum Gasteiger partial charge on any atom is -0.493 e. The molecule has 0 bridgehead atoms. The average Bonchev–Trinajstić information content (AvgIpc) is 3.16. The van der Waals surface area contributed by atoms with Gasteiger partial charge in [0, 0.05) is 5.69 Å². The largest absolute Gasteiger partial charge is 0.493 e. The van der Waals surface area contributed by atoms with E-state index in [1.165, 1.54) is 0 Å². The first kappa shape index (κ1) is 17.8. The molecule has 0 amide bonds. The zero-order valence-electron chi connectivity index (χ0n) is 14.9. The molecule has 0 saturated heterocycles. The van der Waals surface area contributed by atoms with Gasteiger partial charge in [-0.05, 0) is 36.8 Å². The van der Waals surface area contributed by atoms with Crippen LogP contribution in [0.3, 0.4) is 0 Å². The molecule has 0 aliphatic carbocycles. The topological polar surface area (TPSA) is 98.1 Å². The number of nitrogens with two attached hydrogens (primary N) is 1. The second-order valence-electron chi connectivity index (χ2n) is 5.68.